The molecule has 9 heteroatoms. The summed E-state index contributed by atoms with van der Waals surface area (Å²) in [6.45, 7) is 4.32. The van der Waals surface area contributed by atoms with E-state index < -0.39 is 0 Å². The van der Waals surface area contributed by atoms with Crippen LogP contribution in [0, 0.1) is 0 Å². The Kier molecular flexibility index (Phi) is 6.83. The third-order valence-electron chi connectivity index (χ3n) is 2.38. The molecule has 2 N–H and O–H groups in total. The molecule has 110 valence electrons. The van der Waals surface area contributed by atoms with Crippen LogP contribution in [-0.4, -0.2) is 45.1 Å². The number of carbonyl (C=O) groups is 1. The molecule has 0 atom stereocenters. The van der Waals surface area contributed by atoms with E-state index in [9.17, 15) is 4.79 Å². The highest BCUT2D eigenvalue weighted by Gasteiger charge is 2.12. The molecule has 0 spiro atoms. The summed E-state index contributed by atoms with van der Waals surface area (Å²) in [7, 11) is 0. The van der Waals surface area contributed by atoms with Crippen LogP contribution in [0.2, 0.25) is 0 Å². The average Bonchev–Trinajstić information content (AvgIpc) is 2.81. The zero-order valence-corrected chi connectivity index (χ0v) is 13.4. The SMILES string of the molecule is CCCNCCNC(=O)c1nc2ncc(Br)cn2n1.Cl. The van der Waals surface area contributed by atoms with Crippen molar-refractivity contribution in [1.82, 2.24) is 30.2 Å². The first-order valence-corrected chi connectivity index (χ1v) is 6.87. The summed E-state index contributed by atoms with van der Waals surface area (Å²) < 4.78 is 2.24. The molecular formula is C11H16BrClN6O. The standard InChI is InChI=1S/C11H15BrN6O.ClH/c1-2-3-13-4-5-14-10(19)9-16-11-15-6-8(12)7-18(11)17-9;/h6-7,13H,2-5H2,1H3,(H,14,19);1H. The van der Waals surface area contributed by atoms with Gasteiger partial charge < -0.3 is 10.6 Å². The number of amides is 1. The number of hydrogen-bond acceptors (Lipinski definition) is 5. The minimum absolute atomic E-state index is 0. The Morgan fingerprint density at radius 1 is 1.40 bits per heavy atom. The minimum atomic E-state index is -0.292. The van der Waals surface area contributed by atoms with E-state index in [4.69, 9.17) is 0 Å². The molecule has 0 aliphatic rings. The zero-order valence-electron chi connectivity index (χ0n) is 11.0. The normalized spacial score (nSPS) is 10.3. The maximum absolute atomic E-state index is 11.8. The van der Waals surface area contributed by atoms with E-state index >= 15 is 0 Å². The smallest absolute Gasteiger partial charge is 0.291 e. The molecule has 0 aliphatic carbocycles. The summed E-state index contributed by atoms with van der Waals surface area (Å²) in [4.78, 5) is 19.9. The molecule has 0 aliphatic heterocycles. The number of halogens is 2. The molecule has 0 fully saturated rings. The molecular weight excluding hydrogens is 348 g/mol. The van der Waals surface area contributed by atoms with Crippen molar-refractivity contribution in [3.05, 3.63) is 22.7 Å². The Morgan fingerprint density at radius 3 is 2.95 bits per heavy atom. The van der Waals surface area contributed by atoms with E-state index in [-0.39, 0.29) is 24.1 Å². The fraction of sp³-hybridized carbons (Fsp3) is 0.455. The molecule has 1 amide bonds. The van der Waals surface area contributed by atoms with Crippen LogP contribution in [0.25, 0.3) is 5.78 Å². The highest BCUT2D eigenvalue weighted by Crippen LogP contribution is 2.07. The third kappa shape index (κ3) is 4.39. The second-order valence-corrected chi connectivity index (χ2v) is 4.87. The molecule has 0 saturated carbocycles. The Hall–Kier alpha value is -1.25. The molecule has 0 radical (unpaired) electrons. The van der Waals surface area contributed by atoms with E-state index in [0.717, 1.165) is 24.0 Å². The van der Waals surface area contributed by atoms with Gasteiger partial charge in [-0.1, -0.05) is 6.92 Å². The molecule has 0 aromatic carbocycles. The van der Waals surface area contributed by atoms with Gasteiger partial charge in [0.25, 0.3) is 11.7 Å². The Bertz CT molecular complexity index is 575. The van der Waals surface area contributed by atoms with E-state index in [1.54, 1.807) is 12.4 Å². The summed E-state index contributed by atoms with van der Waals surface area (Å²) in [5, 5.41) is 10.0. The molecule has 0 unspecified atom stereocenters. The fourth-order valence-corrected chi connectivity index (χ4v) is 1.80. The van der Waals surface area contributed by atoms with Crippen LogP contribution in [0.1, 0.15) is 24.0 Å². The lowest BCUT2D eigenvalue weighted by molar-refractivity contribution is 0.0944. The van der Waals surface area contributed by atoms with Crippen molar-refractivity contribution in [2.24, 2.45) is 0 Å². The average molecular weight is 364 g/mol. The third-order valence-corrected chi connectivity index (χ3v) is 2.79. The largest absolute Gasteiger partial charge is 0.348 e. The second-order valence-electron chi connectivity index (χ2n) is 3.96. The lowest BCUT2D eigenvalue weighted by atomic mass is 10.4. The Morgan fingerprint density at radius 2 is 2.20 bits per heavy atom. The Balaban J connectivity index is 0.00000200. The van der Waals surface area contributed by atoms with Gasteiger partial charge in [-0.2, -0.15) is 4.98 Å². The van der Waals surface area contributed by atoms with Crippen LogP contribution in [0.5, 0.6) is 0 Å². The summed E-state index contributed by atoms with van der Waals surface area (Å²) in [6, 6.07) is 0. The Labute approximate surface area is 131 Å². The van der Waals surface area contributed by atoms with Crippen molar-refractivity contribution in [3.8, 4) is 0 Å². The minimum Gasteiger partial charge on any atom is -0.348 e. The van der Waals surface area contributed by atoms with Gasteiger partial charge in [0.1, 0.15) is 0 Å². The van der Waals surface area contributed by atoms with Crippen molar-refractivity contribution in [1.29, 1.82) is 0 Å². The van der Waals surface area contributed by atoms with Gasteiger partial charge in [0, 0.05) is 25.5 Å². The molecule has 2 aromatic rings. The predicted molar refractivity (Wildman–Crippen MR) is 81.2 cm³/mol. The van der Waals surface area contributed by atoms with Crippen LogP contribution in [0.4, 0.5) is 0 Å². The maximum atomic E-state index is 11.8. The molecule has 0 bridgehead atoms. The van der Waals surface area contributed by atoms with Crippen molar-refractivity contribution < 1.29 is 4.79 Å². The van der Waals surface area contributed by atoms with Gasteiger partial charge in [0.15, 0.2) is 0 Å². The van der Waals surface area contributed by atoms with Crippen molar-refractivity contribution in [2.45, 2.75) is 13.3 Å². The van der Waals surface area contributed by atoms with Gasteiger partial charge in [-0.3, -0.25) is 4.79 Å². The summed E-state index contributed by atoms with van der Waals surface area (Å²) in [5.41, 5.74) is 0. The molecule has 0 saturated heterocycles. The number of carbonyl (C=O) groups excluding carboxylic acids is 1. The lowest BCUT2D eigenvalue weighted by Gasteiger charge is -2.03. The highest BCUT2D eigenvalue weighted by molar-refractivity contribution is 9.10. The summed E-state index contributed by atoms with van der Waals surface area (Å²) in [6.07, 6.45) is 4.39. The maximum Gasteiger partial charge on any atom is 0.291 e. The van der Waals surface area contributed by atoms with E-state index in [1.807, 2.05) is 0 Å². The van der Waals surface area contributed by atoms with Gasteiger partial charge in [-0.25, -0.2) is 9.50 Å². The van der Waals surface area contributed by atoms with E-state index in [1.165, 1.54) is 4.52 Å². The number of nitrogens with one attached hydrogen (secondary N) is 2. The van der Waals surface area contributed by atoms with E-state index in [0.29, 0.717) is 12.3 Å². The van der Waals surface area contributed by atoms with Crippen LogP contribution in [0.15, 0.2) is 16.9 Å². The first kappa shape index (κ1) is 16.8. The number of nitrogens with zero attached hydrogens (tertiary/aromatic N) is 4. The van der Waals surface area contributed by atoms with Gasteiger partial charge in [0.2, 0.25) is 5.82 Å². The number of hydrogen-bond donors (Lipinski definition) is 2. The van der Waals surface area contributed by atoms with Crippen LogP contribution in [0.3, 0.4) is 0 Å². The van der Waals surface area contributed by atoms with E-state index in [2.05, 4.69) is 48.6 Å². The summed E-state index contributed by atoms with van der Waals surface area (Å²) >= 11 is 3.28. The van der Waals surface area contributed by atoms with Crippen LogP contribution in [-0.2, 0) is 0 Å². The summed E-state index contributed by atoms with van der Waals surface area (Å²) in [5.74, 6) is 0.235. The molecule has 7 nitrogen and oxygen atoms in total. The van der Waals surface area contributed by atoms with Crippen molar-refractivity contribution in [2.75, 3.05) is 19.6 Å². The topological polar surface area (TPSA) is 84.2 Å². The van der Waals surface area contributed by atoms with Crippen molar-refractivity contribution in [3.63, 3.8) is 0 Å². The number of aromatic nitrogens is 4. The molecule has 20 heavy (non-hydrogen) atoms. The quantitative estimate of drug-likeness (QED) is 0.749. The van der Waals surface area contributed by atoms with Gasteiger partial charge >= 0.3 is 0 Å². The monoisotopic (exact) mass is 362 g/mol. The van der Waals surface area contributed by atoms with Crippen LogP contribution < -0.4 is 10.6 Å². The van der Waals surface area contributed by atoms with Crippen molar-refractivity contribution >= 4 is 40.0 Å². The highest BCUT2D eigenvalue weighted by atomic mass is 79.9. The first-order chi connectivity index (χ1) is 9.20. The van der Waals surface area contributed by atoms with Gasteiger partial charge in [-0.05, 0) is 28.9 Å². The number of fused-ring (bicyclic) bond motifs is 1. The lowest BCUT2D eigenvalue weighted by Crippen LogP contribution is -2.32. The van der Waals surface area contributed by atoms with Crippen LogP contribution >= 0.6 is 28.3 Å². The second kappa shape index (κ2) is 8.13. The van der Waals surface area contributed by atoms with Gasteiger partial charge in [-0.15, -0.1) is 17.5 Å². The molecule has 2 heterocycles. The van der Waals surface area contributed by atoms with Gasteiger partial charge in [0.05, 0.1) is 4.47 Å². The fourth-order valence-electron chi connectivity index (χ4n) is 1.50. The molecule has 2 rings (SSSR count). The number of rotatable bonds is 6. The first-order valence-electron chi connectivity index (χ1n) is 6.07. The zero-order chi connectivity index (χ0) is 13.7. The molecule has 2 aromatic heterocycles. The predicted octanol–water partition coefficient (Wildman–Crippen LogP) is 1.04.